The van der Waals surface area contributed by atoms with Crippen molar-refractivity contribution in [2.75, 3.05) is 18.8 Å². The number of aliphatic imine (C=N–C) groups is 1. The second kappa shape index (κ2) is 13.4. The summed E-state index contributed by atoms with van der Waals surface area (Å²) in [5.74, 6) is 0.400. The minimum atomic E-state index is -4.14. The van der Waals surface area contributed by atoms with E-state index in [9.17, 15) is 31.2 Å². The minimum Gasteiger partial charge on any atom is -0.444 e. The Kier molecular flexibility index (Phi) is 10.4. The van der Waals surface area contributed by atoms with Crippen molar-refractivity contribution in [3.05, 3.63) is 34.9 Å². The van der Waals surface area contributed by atoms with Gasteiger partial charge in [0.15, 0.2) is 0 Å². The van der Waals surface area contributed by atoms with Crippen LogP contribution < -0.4 is 10.6 Å². The molecular formula is C31H45F3N4O5S. The molecule has 246 valence electrons. The minimum absolute atomic E-state index is 0.0185. The Bertz CT molecular complexity index is 1340. The molecule has 2 fully saturated rings. The number of amides is 2. The summed E-state index contributed by atoms with van der Waals surface area (Å²) in [5, 5.41) is 5.65. The molecule has 0 unspecified atom stereocenters. The van der Waals surface area contributed by atoms with Gasteiger partial charge in [-0.05, 0) is 102 Å². The zero-order valence-corrected chi connectivity index (χ0v) is 26.9. The number of alkyl halides is 3. The van der Waals surface area contributed by atoms with Crippen molar-refractivity contribution in [1.29, 1.82) is 0 Å². The summed E-state index contributed by atoms with van der Waals surface area (Å²) in [6.07, 6.45) is -1.59. The Hall–Kier alpha value is -2.67. The molecule has 2 aliphatic heterocycles. The second-order valence-electron chi connectivity index (χ2n) is 13.4. The number of amidine groups is 1. The van der Waals surface area contributed by atoms with Crippen LogP contribution in [0.5, 0.6) is 0 Å². The molecule has 1 aromatic carbocycles. The summed E-state index contributed by atoms with van der Waals surface area (Å²) in [6, 6.07) is 5.67. The van der Waals surface area contributed by atoms with Crippen LogP contribution in [-0.2, 0) is 32.5 Å². The third-order valence-corrected chi connectivity index (χ3v) is 10.8. The van der Waals surface area contributed by atoms with Crippen molar-refractivity contribution < 1.29 is 35.9 Å². The second-order valence-corrected chi connectivity index (χ2v) is 15.5. The summed E-state index contributed by atoms with van der Waals surface area (Å²) in [4.78, 5) is 29.7. The number of piperidine rings is 1. The molecule has 4 rings (SSSR count). The fourth-order valence-electron chi connectivity index (χ4n) is 6.31. The maximum Gasteiger partial charge on any atom is 0.407 e. The summed E-state index contributed by atoms with van der Waals surface area (Å²) < 4.78 is 70.9. The van der Waals surface area contributed by atoms with Crippen molar-refractivity contribution in [3.63, 3.8) is 0 Å². The average Bonchev–Trinajstić information content (AvgIpc) is 3.24. The molecule has 0 bridgehead atoms. The zero-order chi connectivity index (χ0) is 32.3. The highest BCUT2D eigenvalue weighted by Crippen LogP contribution is 2.38. The Morgan fingerprint density at radius 1 is 1.14 bits per heavy atom. The first-order valence-corrected chi connectivity index (χ1v) is 17.1. The molecule has 2 amide bonds. The van der Waals surface area contributed by atoms with Crippen molar-refractivity contribution in [1.82, 2.24) is 14.9 Å². The number of ether oxygens (including phenoxy) is 1. The summed E-state index contributed by atoms with van der Waals surface area (Å²) in [6.45, 7) is 7.98. The number of halogens is 3. The number of nitrogens with zero attached hydrogens (tertiary/aromatic N) is 2. The van der Waals surface area contributed by atoms with E-state index < -0.39 is 39.9 Å². The molecule has 1 spiro atoms. The molecule has 13 heteroatoms. The van der Waals surface area contributed by atoms with Gasteiger partial charge in [0.25, 0.3) is 5.91 Å². The molecule has 1 aromatic rings. The first kappa shape index (κ1) is 34.2. The predicted octanol–water partition coefficient (Wildman–Crippen LogP) is 5.40. The lowest BCUT2D eigenvalue weighted by Crippen LogP contribution is -2.51. The van der Waals surface area contributed by atoms with Crippen LogP contribution >= 0.6 is 0 Å². The molecule has 9 nitrogen and oxygen atoms in total. The van der Waals surface area contributed by atoms with Gasteiger partial charge < -0.3 is 15.4 Å². The highest BCUT2D eigenvalue weighted by Gasteiger charge is 2.48. The Morgan fingerprint density at radius 2 is 1.80 bits per heavy atom. The summed E-state index contributed by atoms with van der Waals surface area (Å²) in [5.41, 5.74) is 1.15. The molecule has 2 heterocycles. The number of aryl methyl sites for hydroxylation is 2. The van der Waals surface area contributed by atoms with Gasteiger partial charge in [0, 0.05) is 32.0 Å². The SMILES string of the molecule is Cc1cc(CNC(=O)OC(C)(C)C)ccc1CCS(=O)(=O)N1CCC2(CC1)N=C(C1CCC(CCC(F)(F)F)CC1)NC2=O. The van der Waals surface area contributed by atoms with Gasteiger partial charge in [0.1, 0.15) is 17.0 Å². The van der Waals surface area contributed by atoms with Crippen LogP contribution in [0.2, 0.25) is 0 Å². The number of sulfonamides is 1. The number of alkyl carbamates (subject to hydrolysis) is 1. The van der Waals surface area contributed by atoms with E-state index in [0.29, 0.717) is 57.3 Å². The zero-order valence-electron chi connectivity index (χ0n) is 26.1. The van der Waals surface area contributed by atoms with Gasteiger partial charge >= 0.3 is 12.3 Å². The van der Waals surface area contributed by atoms with E-state index in [4.69, 9.17) is 9.73 Å². The van der Waals surface area contributed by atoms with Crippen LogP contribution in [0.3, 0.4) is 0 Å². The van der Waals surface area contributed by atoms with E-state index >= 15 is 0 Å². The molecule has 3 aliphatic rings. The topological polar surface area (TPSA) is 117 Å². The van der Waals surface area contributed by atoms with Gasteiger partial charge in [-0.25, -0.2) is 17.5 Å². The molecule has 1 aliphatic carbocycles. The van der Waals surface area contributed by atoms with Gasteiger partial charge in [-0.15, -0.1) is 0 Å². The number of carbonyl (C=O) groups excluding carboxylic acids is 2. The molecule has 1 saturated heterocycles. The Balaban J connectivity index is 1.26. The molecular weight excluding hydrogens is 597 g/mol. The van der Waals surface area contributed by atoms with Crippen molar-refractivity contribution >= 4 is 27.9 Å². The van der Waals surface area contributed by atoms with Crippen LogP contribution in [0.1, 0.15) is 88.8 Å². The van der Waals surface area contributed by atoms with E-state index in [1.807, 2.05) is 25.1 Å². The smallest absolute Gasteiger partial charge is 0.407 e. The normalized spacial score (nSPS) is 22.9. The van der Waals surface area contributed by atoms with Crippen molar-refractivity contribution in [3.8, 4) is 0 Å². The Labute approximate surface area is 258 Å². The third kappa shape index (κ3) is 9.18. The third-order valence-electron chi connectivity index (χ3n) is 8.88. The average molecular weight is 643 g/mol. The van der Waals surface area contributed by atoms with Gasteiger partial charge in [0.05, 0.1) is 5.75 Å². The first-order valence-electron chi connectivity index (χ1n) is 15.5. The highest BCUT2D eigenvalue weighted by atomic mass is 32.2. The van der Waals surface area contributed by atoms with E-state index in [1.54, 1.807) is 20.8 Å². The largest absolute Gasteiger partial charge is 0.444 e. The van der Waals surface area contributed by atoms with Crippen molar-refractivity contribution in [2.24, 2.45) is 16.8 Å². The van der Waals surface area contributed by atoms with Gasteiger partial charge in [-0.2, -0.15) is 13.2 Å². The van der Waals surface area contributed by atoms with Crippen LogP contribution in [0, 0.1) is 18.8 Å². The van der Waals surface area contributed by atoms with Crippen LogP contribution in [-0.4, -0.2) is 66.7 Å². The number of rotatable bonds is 9. The van der Waals surface area contributed by atoms with Crippen LogP contribution in [0.4, 0.5) is 18.0 Å². The fraction of sp³-hybridized carbons (Fsp3) is 0.710. The summed E-state index contributed by atoms with van der Waals surface area (Å²) >= 11 is 0. The molecule has 0 radical (unpaired) electrons. The van der Waals surface area contributed by atoms with E-state index in [2.05, 4.69) is 10.6 Å². The van der Waals surface area contributed by atoms with Gasteiger partial charge in [-0.3, -0.25) is 9.79 Å². The van der Waals surface area contributed by atoms with E-state index in [0.717, 1.165) is 16.7 Å². The van der Waals surface area contributed by atoms with Crippen LogP contribution in [0.25, 0.3) is 0 Å². The molecule has 0 atom stereocenters. The molecule has 44 heavy (non-hydrogen) atoms. The number of hydrogen-bond acceptors (Lipinski definition) is 6. The van der Waals surface area contributed by atoms with Gasteiger partial charge in [0.2, 0.25) is 10.0 Å². The van der Waals surface area contributed by atoms with Gasteiger partial charge in [-0.1, -0.05) is 18.2 Å². The summed E-state index contributed by atoms with van der Waals surface area (Å²) in [7, 11) is -3.57. The lowest BCUT2D eigenvalue weighted by Gasteiger charge is -2.34. The highest BCUT2D eigenvalue weighted by molar-refractivity contribution is 7.89. The monoisotopic (exact) mass is 642 g/mol. The fourth-order valence-corrected chi connectivity index (χ4v) is 7.78. The molecule has 1 saturated carbocycles. The predicted molar refractivity (Wildman–Crippen MR) is 162 cm³/mol. The molecule has 2 N–H and O–H groups in total. The number of benzene rings is 1. The van der Waals surface area contributed by atoms with Crippen molar-refractivity contribution in [2.45, 2.75) is 109 Å². The quantitative estimate of drug-likeness (QED) is 0.374. The van der Waals surface area contributed by atoms with E-state index in [-0.39, 0.29) is 43.0 Å². The number of carbonyl (C=O) groups is 2. The number of hydrogen-bond donors (Lipinski definition) is 2. The number of nitrogens with one attached hydrogen (secondary N) is 2. The standard InChI is InChI=1S/C31H45F3N4O5S/c1-21-19-23(20-35-28(40)43-29(2,3)4)7-8-24(21)12-18-44(41,42)38-16-14-30(15-17-38)27(39)36-26(37-30)25-9-5-22(6-10-25)11-13-31(32,33)34/h7-8,19,22,25H,5-6,9-18,20H2,1-4H3,(H,35,40)(H,36,37,39). The molecule has 0 aromatic heterocycles. The van der Waals surface area contributed by atoms with Crippen LogP contribution in [0.15, 0.2) is 23.2 Å². The Morgan fingerprint density at radius 3 is 2.39 bits per heavy atom. The lowest BCUT2D eigenvalue weighted by atomic mass is 9.79. The maximum absolute atomic E-state index is 13.2. The maximum atomic E-state index is 13.2. The van der Waals surface area contributed by atoms with E-state index in [1.165, 1.54) is 4.31 Å². The lowest BCUT2D eigenvalue weighted by molar-refractivity contribution is -0.138. The first-order chi connectivity index (χ1) is 20.4.